The minimum Gasteiger partial charge on any atom is -0.466 e. The molecular formula is C24H30N2O2. The fraction of sp³-hybridized carbons (Fsp3) is 0.417. The normalized spacial score (nSPS) is 15.0. The lowest BCUT2D eigenvalue weighted by atomic mass is 10.00. The van der Waals surface area contributed by atoms with Gasteiger partial charge in [-0.15, -0.1) is 0 Å². The fourth-order valence-corrected chi connectivity index (χ4v) is 3.52. The Labute approximate surface area is 168 Å². The summed E-state index contributed by atoms with van der Waals surface area (Å²) in [5, 5.41) is 0. The predicted octanol–water partition coefficient (Wildman–Crippen LogP) is 4.41. The van der Waals surface area contributed by atoms with Gasteiger partial charge in [0.2, 0.25) is 0 Å². The number of carbonyl (C=O) groups is 1. The van der Waals surface area contributed by atoms with Crippen molar-refractivity contribution in [3.63, 3.8) is 0 Å². The molecule has 2 aromatic rings. The van der Waals surface area contributed by atoms with E-state index in [-0.39, 0.29) is 5.97 Å². The Morgan fingerprint density at radius 1 is 1.14 bits per heavy atom. The molecule has 0 unspecified atom stereocenters. The summed E-state index contributed by atoms with van der Waals surface area (Å²) in [7, 11) is 0. The second kappa shape index (κ2) is 10.2. The van der Waals surface area contributed by atoms with Gasteiger partial charge in [0.05, 0.1) is 18.7 Å². The largest absolute Gasteiger partial charge is 0.466 e. The second-order valence-corrected chi connectivity index (χ2v) is 7.31. The quantitative estimate of drug-likeness (QED) is 0.638. The average Bonchev–Trinajstić information content (AvgIpc) is 3.22. The number of likely N-dealkylation sites (tertiary alicyclic amines) is 1. The lowest BCUT2D eigenvalue weighted by molar-refractivity contribution is -0.143. The molecule has 2 heterocycles. The Morgan fingerprint density at radius 3 is 2.61 bits per heavy atom. The van der Waals surface area contributed by atoms with Gasteiger partial charge in [-0.05, 0) is 57.5 Å². The number of nitrogens with zero attached hydrogens (tertiary/aromatic N) is 2. The standard InChI is InChI=1S/C24H30N2O2/c1-3-28-24(27)14-13-21-7-6-8-23(25-21)22(15-18-26-16-4-5-17-26)20-11-9-19(2)10-12-20/h6-12,15H,3-5,13-14,16-18H2,1-2H3/b22-15+. The van der Waals surface area contributed by atoms with E-state index >= 15 is 0 Å². The summed E-state index contributed by atoms with van der Waals surface area (Å²) in [6.45, 7) is 7.64. The third-order valence-electron chi connectivity index (χ3n) is 5.09. The fourth-order valence-electron chi connectivity index (χ4n) is 3.52. The zero-order valence-electron chi connectivity index (χ0n) is 17.0. The number of hydrogen-bond acceptors (Lipinski definition) is 4. The predicted molar refractivity (Wildman–Crippen MR) is 113 cm³/mol. The van der Waals surface area contributed by atoms with Crippen molar-refractivity contribution in [2.75, 3.05) is 26.2 Å². The molecule has 1 aromatic carbocycles. The second-order valence-electron chi connectivity index (χ2n) is 7.31. The Kier molecular flexibility index (Phi) is 7.38. The molecule has 148 valence electrons. The third-order valence-corrected chi connectivity index (χ3v) is 5.09. The molecule has 1 fully saturated rings. The number of carbonyl (C=O) groups excluding carboxylic acids is 1. The van der Waals surface area contributed by atoms with Crippen LogP contribution in [0.15, 0.2) is 48.5 Å². The summed E-state index contributed by atoms with van der Waals surface area (Å²) in [4.78, 5) is 19.0. The van der Waals surface area contributed by atoms with Crippen molar-refractivity contribution in [1.29, 1.82) is 0 Å². The number of benzene rings is 1. The molecule has 0 radical (unpaired) electrons. The molecular weight excluding hydrogens is 348 g/mol. The molecule has 1 aromatic heterocycles. The summed E-state index contributed by atoms with van der Waals surface area (Å²) < 4.78 is 5.03. The molecule has 0 amide bonds. The van der Waals surface area contributed by atoms with E-state index in [4.69, 9.17) is 9.72 Å². The number of pyridine rings is 1. The van der Waals surface area contributed by atoms with E-state index in [1.54, 1.807) is 0 Å². The first-order chi connectivity index (χ1) is 13.7. The summed E-state index contributed by atoms with van der Waals surface area (Å²) in [5.74, 6) is -0.168. The molecule has 3 rings (SSSR count). The van der Waals surface area contributed by atoms with Gasteiger partial charge in [-0.3, -0.25) is 14.7 Å². The van der Waals surface area contributed by atoms with Crippen molar-refractivity contribution >= 4 is 11.5 Å². The molecule has 0 aliphatic carbocycles. The van der Waals surface area contributed by atoms with Crippen LogP contribution < -0.4 is 0 Å². The highest BCUT2D eigenvalue weighted by atomic mass is 16.5. The van der Waals surface area contributed by atoms with Gasteiger partial charge in [0.25, 0.3) is 0 Å². The molecule has 4 heteroatoms. The maximum atomic E-state index is 11.7. The molecule has 1 saturated heterocycles. The van der Waals surface area contributed by atoms with Crippen molar-refractivity contribution in [1.82, 2.24) is 9.88 Å². The van der Waals surface area contributed by atoms with Crippen molar-refractivity contribution in [2.24, 2.45) is 0 Å². The lowest BCUT2D eigenvalue weighted by Crippen LogP contribution is -2.19. The van der Waals surface area contributed by atoms with Gasteiger partial charge in [0, 0.05) is 24.2 Å². The minimum absolute atomic E-state index is 0.168. The first kappa shape index (κ1) is 20.3. The highest BCUT2D eigenvalue weighted by molar-refractivity contribution is 5.78. The van der Waals surface area contributed by atoms with E-state index < -0.39 is 0 Å². The number of hydrogen-bond donors (Lipinski definition) is 0. The SMILES string of the molecule is CCOC(=O)CCc1cccc(/C(=C/CN2CCCC2)c2ccc(C)cc2)n1. The molecule has 28 heavy (non-hydrogen) atoms. The summed E-state index contributed by atoms with van der Waals surface area (Å²) in [6.07, 6.45) is 5.83. The van der Waals surface area contributed by atoms with Gasteiger partial charge in [-0.2, -0.15) is 0 Å². The Bertz CT molecular complexity index is 806. The molecule has 0 atom stereocenters. The van der Waals surface area contributed by atoms with Crippen LogP contribution in [0.3, 0.4) is 0 Å². The number of ether oxygens (including phenoxy) is 1. The van der Waals surface area contributed by atoms with Crippen molar-refractivity contribution in [3.05, 3.63) is 71.1 Å². The Hall–Kier alpha value is -2.46. The zero-order chi connectivity index (χ0) is 19.8. The first-order valence-corrected chi connectivity index (χ1v) is 10.3. The van der Waals surface area contributed by atoms with Crippen molar-refractivity contribution in [2.45, 2.75) is 39.5 Å². The lowest BCUT2D eigenvalue weighted by Gasteiger charge is -2.15. The van der Waals surface area contributed by atoms with Gasteiger partial charge in [0.1, 0.15) is 0 Å². The average molecular weight is 379 g/mol. The van der Waals surface area contributed by atoms with Crippen molar-refractivity contribution in [3.8, 4) is 0 Å². The number of aryl methyl sites for hydroxylation is 2. The molecule has 1 aliphatic rings. The van der Waals surface area contributed by atoms with Crippen LogP contribution in [0, 0.1) is 6.92 Å². The monoisotopic (exact) mass is 378 g/mol. The molecule has 1 aliphatic heterocycles. The van der Waals surface area contributed by atoms with E-state index in [9.17, 15) is 4.79 Å². The highest BCUT2D eigenvalue weighted by Gasteiger charge is 2.13. The van der Waals surface area contributed by atoms with Crippen LogP contribution in [-0.4, -0.2) is 42.1 Å². The van der Waals surface area contributed by atoms with E-state index in [1.807, 2.05) is 19.1 Å². The topological polar surface area (TPSA) is 42.4 Å². The maximum Gasteiger partial charge on any atom is 0.306 e. The molecule has 4 nitrogen and oxygen atoms in total. The van der Waals surface area contributed by atoms with Gasteiger partial charge >= 0.3 is 5.97 Å². The maximum absolute atomic E-state index is 11.7. The van der Waals surface area contributed by atoms with Crippen LogP contribution in [0.25, 0.3) is 5.57 Å². The Morgan fingerprint density at radius 2 is 1.89 bits per heavy atom. The number of rotatable bonds is 8. The van der Waals surface area contributed by atoms with Crippen LogP contribution in [0.2, 0.25) is 0 Å². The van der Waals surface area contributed by atoms with Gasteiger partial charge in [-0.1, -0.05) is 42.0 Å². The first-order valence-electron chi connectivity index (χ1n) is 10.3. The van der Waals surface area contributed by atoms with Crippen LogP contribution in [0.1, 0.15) is 48.7 Å². The van der Waals surface area contributed by atoms with E-state index in [0.717, 1.165) is 23.5 Å². The highest BCUT2D eigenvalue weighted by Crippen LogP contribution is 2.23. The number of esters is 1. The molecule has 0 saturated carbocycles. The smallest absolute Gasteiger partial charge is 0.306 e. The van der Waals surface area contributed by atoms with E-state index in [0.29, 0.717) is 19.4 Å². The van der Waals surface area contributed by atoms with Gasteiger partial charge < -0.3 is 4.74 Å². The molecule has 0 spiro atoms. The van der Waals surface area contributed by atoms with Gasteiger partial charge in [0.15, 0.2) is 0 Å². The van der Waals surface area contributed by atoms with E-state index in [1.165, 1.54) is 37.1 Å². The van der Waals surface area contributed by atoms with Crippen LogP contribution in [0.4, 0.5) is 0 Å². The zero-order valence-corrected chi connectivity index (χ0v) is 17.0. The van der Waals surface area contributed by atoms with Crippen LogP contribution in [-0.2, 0) is 16.0 Å². The third kappa shape index (κ3) is 5.77. The Balaban J connectivity index is 1.82. The van der Waals surface area contributed by atoms with Gasteiger partial charge in [-0.25, -0.2) is 0 Å². The van der Waals surface area contributed by atoms with E-state index in [2.05, 4.69) is 48.2 Å². The summed E-state index contributed by atoms with van der Waals surface area (Å²) in [5.41, 5.74) is 5.47. The summed E-state index contributed by atoms with van der Waals surface area (Å²) in [6, 6.07) is 14.7. The number of aromatic nitrogens is 1. The molecule has 0 bridgehead atoms. The van der Waals surface area contributed by atoms with Crippen LogP contribution in [0.5, 0.6) is 0 Å². The minimum atomic E-state index is -0.168. The van der Waals surface area contributed by atoms with Crippen molar-refractivity contribution < 1.29 is 9.53 Å². The van der Waals surface area contributed by atoms with Crippen LogP contribution >= 0.6 is 0 Å². The molecule has 0 N–H and O–H groups in total. The summed E-state index contributed by atoms with van der Waals surface area (Å²) >= 11 is 0.